The number of amides is 1. The van der Waals surface area contributed by atoms with Crippen LogP contribution in [0.2, 0.25) is 0 Å². The van der Waals surface area contributed by atoms with Gasteiger partial charge < -0.3 is 9.84 Å². The van der Waals surface area contributed by atoms with Crippen LogP contribution >= 0.6 is 0 Å². The summed E-state index contributed by atoms with van der Waals surface area (Å²) in [5, 5.41) is 12.6. The van der Waals surface area contributed by atoms with E-state index in [1.807, 2.05) is 19.1 Å². The summed E-state index contributed by atoms with van der Waals surface area (Å²) >= 11 is 0. The number of rotatable bonds is 7. The van der Waals surface area contributed by atoms with Gasteiger partial charge in [-0.1, -0.05) is 31.2 Å². The van der Waals surface area contributed by atoms with Crippen LogP contribution in [0.4, 0.5) is 0 Å². The van der Waals surface area contributed by atoms with E-state index in [-0.39, 0.29) is 5.91 Å². The highest BCUT2D eigenvalue weighted by Gasteiger charge is 2.05. The van der Waals surface area contributed by atoms with Crippen molar-refractivity contribution >= 4 is 18.1 Å². The van der Waals surface area contributed by atoms with Crippen LogP contribution in [0.3, 0.4) is 0 Å². The molecular weight excluding hydrogens is 308 g/mol. The third-order valence-electron chi connectivity index (χ3n) is 3.26. The third-order valence-corrected chi connectivity index (χ3v) is 3.26. The third kappa shape index (κ3) is 4.95. The highest BCUT2D eigenvalue weighted by Crippen LogP contribution is 2.15. The molecule has 0 bridgehead atoms. The minimum atomic E-state index is -1.06. The van der Waals surface area contributed by atoms with Crippen molar-refractivity contribution in [1.82, 2.24) is 5.43 Å². The molecule has 6 nitrogen and oxygen atoms in total. The monoisotopic (exact) mass is 326 g/mol. The van der Waals surface area contributed by atoms with E-state index < -0.39 is 12.6 Å². The molecular formula is C18H18N2O4. The zero-order valence-electron chi connectivity index (χ0n) is 13.2. The summed E-state index contributed by atoms with van der Waals surface area (Å²) in [5.41, 5.74) is 4.67. The Morgan fingerprint density at radius 3 is 2.54 bits per heavy atom. The predicted octanol–water partition coefficient (Wildman–Crippen LogP) is 2.48. The first-order valence-electron chi connectivity index (χ1n) is 7.46. The van der Waals surface area contributed by atoms with Crippen LogP contribution in [0.1, 0.15) is 28.4 Å². The lowest BCUT2D eigenvalue weighted by atomic mass is 10.1. The molecule has 2 aromatic rings. The minimum absolute atomic E-state index is 0.321. The molecule has 24 heavy (non-hydrogen) atoms. The summed E-state index contributed by atoms with van der Waals surface area (Å²) in [7, 11) is 0. The SMILES string of the molecule is CCc1ccc(C(=O)N/N=C\c2ccccc2OCC(=O)O)cc1. The molecule has 6 heteroatoms. The summed E-state index contributed by atoms with van der Waals surface area (Å²) in [6.45, 7) is 1.60. The Kier molecular flexibility index (Phi) is 6.08. The quantitative estimate of drug-likeness (QED) is 0.604. The number of nitrogens with one attached hydrogen (secondary N) is 1. The smallest absolute Gasteiger partial charge is 0.341 e. The van der Waals surface area contributed by atoms with Crippen molar-refractivity contribution in [3.63, 3.8) is 0 Å². The normalized spacial score (nSPS) is 10.5. The zero-order chi connectivity index (χ0) is 17.4. The van der Waals surface area contributed by atoms with E-state index in [0.717, 1.165) is 12.0 Å². The van der Waals surface area contributed by atoms with Crippen LogP contribution < -0.4 is 10.2 Å². The summed E-state index contributed by atoms with van der Waals surface area (Å²) in [5.74, 6) is -1.01. The Labute approximate surface area is 139 Å². The molecule has 0 aliphatic carbocycles. The standard InChI is InChI=1S/C18H18N2O4/c1-2-13-7-9-14(10-8-13)18(23)20-19-11-15-5-3-4-6-16(15)24-12-17(21)22/h3-11H,2,12H2,1H3,(H,20,23)(H,21,22)/b19-11-. The van der Waals surface area contributed by atoms with Gasteiger partial charge in [-0.2, -0.15) is 5.10 Å². The van der Waals surface area contributed by atoms with Crippen LogP contribution in [0.5, 0.6) is 5.75 Å². The molecule has 0 saturated carbocycles. The van der Waals surface area contributed by atoms with E-state index >= 15 is 0 Å². The van der Waals surface area contributed by atoms with Gasteiger partial charge in [0, 0.05) is 11.1 Å². The Hall–Kier alpha value is -3.15. The number of benzene rings is 2. The highest BCUT2D eigenvalue weighted by molar-refractivity contribution is 5.95. The molecule has 2 N–H and O–H groups in total. The fraction of sp³-hybridized carbons (Fsp3) is 0.167. The molecule has 0 unspecified atom stereocenters. The summed E-state index contributed by atoms with van der Waals surface area (Å²) in [6.07, 6.45) is 2.32. The van der Waals surface area contributed by atoms with E-state index in [4.69, 9.17) is 9.84 Å². The number of nitrogens with zero attached hydrogens (tertiary/aromatic N) is 1. The van der Waals surface area contributed by atoms with E-state index in [0.29, 0.717) is 16.9 Å². The number of hydrogen-bond acceptors (Lipinski definition) is 4. The van der Waals surface area contributed by atoms with Gasteiger partial charge in [0.2, 0.25) is 0 Å². The lowest BCUT2D eigenvalue weighted by molar-refractivity contribution is -0.139. The second-order valence-electron chi connectivity index (χ2n) is 4.97. The van der Waals surface area contributed by atoms with Gasteiger partial charge in [-0.15, -0.1) is 0 Å². The lowest BCUT2D eigenvalue weighted by Gasteiger charge is -2.06. The highest BCUT2D eigenvalue weighted by atomic mass is 16.5. The summed E-state index contributed by atoms with van der Waals surface area (Å²) in [4.78, 5) is 22.6. The first-order chi connectivity index (χ1) is 11.6. The molecule has 0 aliphatic heterocycles. The number of carboxylic acid groups (broad SMARTS) is 1. The van der Waals surface area contributed by atoms with Crippen molar-refractivity contribution in [3.8, 4) is 5.75 Å². The Morgan fingerprint density at radius 2 is 1.88 bits per heavy atom. The van der Waals surface area contributed by atoms with Crippen molar-refractivity contribution in [2.45, 2.75) is 13.3 Å². The van der Waals surface area contributed by atoms with Gasteiger partial charge in [-0.05, 0) is 36.2 Å². The predicted molar refractivity (Wildman–Crippen MR) is 90.5 cm³/mol. The number of carboxylic acids is 1. The Balaban J connectivity index is 2.00. The maximum atomic E-state index is 12.0. The first kappa shape index (κ1) is 17.2. The number of aryl methyl sites for hydroxylation is 1. The molecule has 0 radical (unpaired) electrons. The molecule has 0 heterocycles. The molecule has 2 rings (SSSR count). The minimum Gasteiger partial charge on any atom is -0.481 e. The largest absolute Gasteiger partial charge is 0.481 e. The van der Waals surface area contributed by atoms with E-state index in [1.165, 1.54) is 6.21 Å². The van der Waals surface area contributed by atoms with Crippen LogP contribution in [0.25, 0.3) is 0 Å². The Morgan fingerprint density at radius 1 is 1.17 bits per heavy atom. The van der Waals surface area contributed by atoms with Crippen LogP contribution in [0, 0.1) is 0 Å². The molecule has 1 amide bonds. The van der Waals surface area contributed by atoms with Crippen molar-refractivity contribution in [1.29, 1.82) is 0 Å². The van der Waals surface area contributed by atoms with Crippen molar-refractivity contribution in [2.75, 3.05) is 6.61 Å². The van der Waals surface area contributed by atoms with Crippen LogP contribution in [-0.4, -0.2) is 29.8 Å². The van der Waals surface area contributed by atoms with Crippen molar-refractivity contribution in [3.05, 3.63) is 65.2 Å². The molecule has 0 fully saturated rings. The molecule has 0 saturated heterocycles. The number of aliphatic carboxylic acids is 1. The number of hydrogen-bond donors (Lipinski definition) is 2. The van der Waals surface area contributed by atoms with Gasteiger partial charge in [-0.3, -0.25) is 4.79 Å². The van der Waals surface area contributed by atoms with Gasteiger partial charge in [-0.25, -0.2) is 10.2 Å². The van der Waals surface area contributed by atoms with Crippen molar-refractivity contribution in [2.24, 2.45) is 5.10 Å². The second-order valence-corrected chi connectivity index (χ2v) is 4.97. The molecule has 124 valence electrons. The Bertz CT molecular complexity index is 739. The van der Waals surface area contributed by atoms with Gasteiger partial charge >= 0.3 is 5.97 Å². The maximum Gasteiger partial charge on any atom is 0.341 e. The molecule has 0 atom stereocenters. The maximum absolute atomic E-state index is 12.0. The summed E-state index contributed by atoms with van der Waals surface area (Å²) in [6, 6.07) is 14.1. The van der Waals surface area contributed by atoms with E-state index in [2.05, 4.69) is 10.5 Å². The van der Waals surface area contributed by atoms with Gasteiger partial charge in [0.1, 0.15) is 5.75 Å². The van der Waals surface area contributed by atoms with E-state index in [1.54, 1.807) is 36.4 Å². The fourth-order valence-electron chi connectivity index (χ4n) is 1.97. The number of ether oxygens (including phenoxy) is 1. The molecule has 0 aromatic heterocycles. The number of hydrazone groups is 1. The first-order valence-corrected chi connectivity index (χ1v) is 7.46. The molecule has 0 spiro atoms. The average molecular weight is 326 g/mol. The number of carbonyl (C=O) groups is 2. The van der Waals surface area contributed by atoms with E-state index in [9.17, 15) is 9.59 Å². The molecule has 2 aromatic carbocycles. The fourth-order valence-corrected chi connectivity index (χ4v) is 1.97. The van der Waals surface area contributed by atoms with Crippen LogP contribution in [-0.2, 0) is 11.2 Å². The van der Waals surface area contributed by atoms with Crippen molar-refractivity contribution < 1.29 is 19.4 Å². The molecule has 0 aliphatic rings. The second kappa shape index (κ2) is 8.47. The topological polar surface area (TPSA) is 88.0 Å². The lowest BCUT2D eigenvalue weighted by Crippen LogP contribution is -2.17. The van der Waals surface area contributed by atoms with Crippen LogP contribution in [0.15, 0.2) is 53.6 Å². The number of carbonyl (C=O) groups excluding carboxylic acids is 1. The zero-order valence-corrected chi connectivity index (χ0v) is 13.2. The summed E-state index contributed by atoms with van der Waals surface area (Å²) < 4.78 is 5.16. The van der Waals surface area contributed by atoms with Gasteiger partial charge in [0.05, 0.1) is 6.21 Å². The van der Waals surface area contributed by atoms with Gasteiger partial charge in [0.25, 0.3) is 5.91 Å². The number of para-hydroxylation sites is 1. The van der Waals surface area contributed by atoms with Gasteiger partial charge in [0.15, 0.2) is 6.61 Å². The average Bonchev–Trinajstić information content (AvgIpc) is 2.60.